The number of hydrogen-bond acceptors (Lipinski definition) is 6. The van der Waals surface area contributed by atoms with Crippen molar-refractivity contribution in [2.45, 2.75) is 6.92 Å². The number of aromatic nitrogens is 3. The third-order valence-corrected chi connectivity index (χ3v) is 4.54. The van der Waals surface area contributed by atoms with Crippen molar-refractivity contribution in [3.63, 3.8) is 0 Å². The maximum Gasteiger partial charge on any atom is 0.274 e. The fourth-order valence-corrected chi connectivity index (χ4v) is 3.03. The molecule has 0 aliphatic rings. The largest absolute Gasteiger partial charge is 0.480 e. The van der Waals surface area contributed by atoms with E-state index in [2.05, 4.69) is 20.7 Å². The van der Waals surface area contributed by atoms with Crippen LogP contribution in [0.2, 0.25) is 5.02 Å². The molecule has 0 atom stereocenters. The zero-order valence-corrected chi connectivity index (χ0v) is 17.1. The Morgan fingerprint density at radius 3 is 2.67 bits per heavy atom. The smallest absolute Gasteiger partial charge is 0.274 e. The second kappa shape index (κ2) is 8.63. The Morgan fingerprint density at radius 1 is 1.27 bits per heavy atom. The highest BCUT2D eigenvalue weighted by molar-refractivity contribution is 6.32. The van der Waals surface area contributed by atoms with Crippen molar-refractivity contribution in [2.75, 3.05) is 19.5 Å². The van der Waals surface area contributed by atoms with Crippen LogP contribution in [-0.4, -0.2) is 40.7 Å². The Kier molecular flexibility index (Phi) is 5.99. The number of halogens is 1. The Hall–Kier alpha value is -3.90. The fraction of sp³-hybridized carbons (Fsp3) is 0.150. The lowest BCUT2D eigenvalue weighted by Gasteiger charge is -2.14. The number of methoxy groups -OCH3 is 1. The van der Waals surface area contributed by atoms with Crippen LogP contribution in [0.4, 0.5) is 5.69 Å². The molecular weight excluding hydrogens is 408 g/mol. The quantitative estimate of drug-likeness (QED) is 0.649. The van der Waals surface area contributed by atoms with Gasteiger partial charge in [0.2, 0.25) is 5.88 Å². The van der Waals surface area contributed by atoms with Gasteiger partial charge in [-0.25, -0.2) is 9.67 Å². The van der Waals surface area contributed by atoms with E-state index in [1.807, 2.05) is 6.07 Å². The van der Waals surface area contributed by atoms with E-state index in [1.54, 1.807) is 25.1 Å². The van der Waals surface area contributed by atoms with Gasteiger partial charge in [-0.1, -0.05) is 11.6 Å². The van der Waals surface area contributed by atoms with Gasteiger partial charge in [0.1, 0.15) is 5.69 Å². The van der Waals surface area contributed by atoms with Crippen LogP contribution in [-0.2, 0) is 0 Å². The standard InChI is InChI=1S/C20H17ClN6O3/c1-11-7-12(10-22)8-13(19(28)23-2)17(11)25-20(29)15-9-16(30-3)26-27(15)18-14(21)5-4-6-24-18/h4-9H,1-3H3,(H,23,28)(H,25,29). The molecule has 0 aliphatic heterocycles. The number of carbonyl (C=O) groups excluding carboxylic acids is 2. The van der Waals surface area contributed by atoms with E-state index >= 15 is 0 Å². The molecule has 2 aromatic heterocycles. The van der Waals surface area contributed by atoms with Crippen molar-refractivity contribution < 1.29 is 14.3 Å². The summed E-state index contributed by atoms with van der Waals surface area (Å²) in [4.78, 5) is 29.6. The average Bonchev–Trinajstić information content (AvgIpc) is 3.19. The highest BCUT2D eigenvalue weighted by Gasteiger charge is 2.23. The van der Waals surface area contributed by atoms with Crippen LogP contribution in [0.5, 0.6) is 5.88 Å². The fourth-order valence-electron chi connectivity index (χ4n) is 2.82. The number of pyridine rings is 1. The summed E-state index contributed by atoms with van der Waals surface area (Å²) in [5.74, 6) is -0.574. The highest BCUT2D eigenvalue weighted by Crippen LogP contribution is 2.26. The van der Waals surface area contributed by atoms with Crippen molar-refractivity contribution in [1.29, 1.82) is 5.26 Å². The number of anilines is 1. The molecule has 9 nitrogen and oxygen atoms in total. The molecule has 30 heavy (non-hydrogen) atoms. The second-order valence-electron chi connectivity index (χ2n) is 6.15. The third kappa shape index (κ3) is 3.94. The van der Waals surface area contributed by atoms with E-state index in [0.29, 0.717) is 11.1 Å². The zero-order chi connectivity index (χ0) is 21.8. The summed E-state index contributed by atoms with van der Waals surface area (Å²) in [7, 11) is 2.88. The Bertz CT molecular complexity index is 1180. The molecule has 3 rings (SSSR count). The molecule has 2 heterocycles. The maximum atomic E-state index is 13.1. The second-order valence-corrected chi connectivity index (χ2v) is 6.56. The summed E-state index contributed by atoms with van der Waals surface area (Å²) < 4.78 is 6.41. The van der Waals surface area contributed by atoms with Crippen LogP contribution in [0.25, 0.3) is 5.82 Å². The van der Waals surface area contributed by atoms with Gasteiger partial charge in [-0.05, 0) is 36.8 Å². The van der Waals surface area contributed by atoms with Gasteiger partial charge in [0.05, 0.1) is 35.0 Å². The summed E-state index contributed by atoms with van der Waals surface area (Å²) in [5.41, 5.74) is 1.39. The normalized spacial score (nSPS) is 10.2. The first-order valence-electron chi connectivity index (χ1n) is 8.72. The van der Waals surface area contributed by atoms with Crippen LogP contribution in [0.15, 0.2) is 36.5 Å². The first kappa shape index (κ1) is 20.8. The molecule has 3 aromatic rings. The molecular formula is C20H17ClN6O3. The molecule has 0 spiro atoms. The molecule has 0 aliphatic carbocycles. The first-order valence-corrected chi connectivity index (χ1v) is 9.10. The van der Waals surface area contributed by atoms with Crippen molar-refractivity contribution in [1.82, 2.24) is 20.1 Å². The molecule has 1 aromatic carbocycles. The van der Waals surface area contributed by atoms with Gasteiger partial charge in [-0.2, -0.15) is 5.26 Å². The van der Waals surface area contributed by atoms with Gasteiger partial charge in [-0.3, -0.25) is 9.59 Å². The van der Waals surface area contributed by atoms with Gasteiger partial charge in [0.25, 0.3) is 11.8 Å². The molecule has 2 N–H and O–H groups in total. The molecule has 0 saturated heterocycles. The third-order valence-electron chi connectivity index (χ3n) is 4.24. The number of carbonyl (C=O) groups is 2. The maximum absolute atomic E-state index is 13.1. The minimum atomic E-state index is -0.564. The topological polar surface area (TPSA) is 122 Å². The predicted molar refractivity (Wildman–Crippen MR) is 110 cm³/mol. The summed E-state index contributed by atoms with van der Waals surface area (Å²) >= 11 is 6.21. The van der Waals surface area contributed by atoms with Crippen molar-refractivity contribution in [3.8, 4) is 17.8 Å². The summed E-state index contributed by atoms with van der Waals surface area (Å²) in [6.07, 6.45) is 1.52. The first-order chi connectivity index (χ1) is 14.4. The molecule has 0 saturated carbocycles. The van der Waals surface area contributed by atoms with Gasteiger partial charge in [-0.15, -0.1) is 5.10 Å². The number of nitrogens with zero attached hydrogens (tertiary/aromatic N) is 4. The van der Waals surface area contributed by atoms with Crippen LogP contribution >= 0.6 is 11.6 Å². The van der Waals surface area contributed by atoms with Gasteiger partial charge in [0, 0.05) is 19.3 Å². The van der Waals surface area contributed by atoms with E-state index in [4.69, 9.17) is 16.3 Å². The number of ether oxygens (including phenoxy) is 1. The predicted octanol–water partition coefficient (Wildman–Crippen LogP) is 2.72. The van der Waals surface area contributed by atoms with E-state index < -0.39 is 11.8 Å². The highest BCUT2D eigenvalue weighted by atomic mass is 35.5. The molecule has 0 unspecified atom stereocenters. The lowest BCUT2D eigenvalue weighted by molar-refractivity contribution is 0.0964. The van der Waals surface area contributed by atoms with Crippen LogP contribution in [0.3, 0.4) is 0 Å². The number of benzene rings is 1. The number of nitrogens with one attached hydrogen (secondary N) is 2. The monoisotopic (exact) mass is 424 g/mol. The van der Waals surface area contributed by atoms with E-state index in [-0.39, 0.29) is 33.7 Å². The van der Waals surface area contributed by atoms with Crippen molar-refractivity contribution in [2.24, 2.45) is 0 Å². The lowest BCUT2D eigenvalue weighted by Crippen LogP contribution is -2.24. The summed E-state index contributed by atoms with van der Waals surface area (Å²) in [6.45, 7) is 1.69. The number of amides is 2. The minimum absolute atomic E-state index is 0.0964. The molecule has 0 fully saturated rings. The Labute approximate surface area is 177 Å². The van der Waals surface area contributed by atoms with Crippen LogP contribution in [0, 0.1) is 18.3 Å². The molecule has 10 heteroatoms. The van der Waals surface area contributed by atoms with Gasteiger partial charge < -0.3 is 15.4 Å². The molecule has 152 valence electrons. The average molecular weight is 425 g/mol. The molecule has 0 radical (unpaired) electrons. The van der Waals surface area contributed by atoms with Crippen molar-refractivity contribution >= 4 is 29.1 Å². The number of aryl methyl sites for hydroxylation is 1. The minimum Gasteiger partial charge on any atom is -0.480 e. The summed E-state index contributed by atoms with van der Waals surface area (Å²) in [5, 5.41) is 18.9. The summed E-state index contributed by atoms with van der Waals surface area (Å²) in [6, 6.07) is 9.69. The lowest BCUT2D eigenvalue weighted by atomic mass is 10.0. The number of nitriles is 1. The zero-order valence-electron chi connectivity index (χ0n) is 16.4. The van der Waals surface area contributed by atoms with E-state index in [0.717, 1.165) is 0 Å². The van der Waals surface area contributed by atoms with E-state index in [1.165, 1.54) is 37.2 Å². The van der Waals surface area contributed by atoms with Crippen LogP contribution < -0.4 is 15.4 Å². The molecule has 0 bridgehead atoms. The van der Waals surface area contributed by atoms with E-state index in [9.17, 15) is 14.9 Å². The molecule has 2 amide bonds. The SMILES string of the molecule is CNC(=O)c1cc(C#N)cc(C)c1NC(=O)c1cc(OC)nn1-c1ncccc1Cl. The van der Waals surface area contributed by atoms with Gasteiger partial charge >= 0.3 is 0 Å². The van der Waals surface area contributed by atoms with Crippen LogP contribution in [0.1, 0.15) is 32.0 Å². The number of hydrogen-bond donors (Lipinski definition) is 2. The van der Waals surface area contributed by atoms with Crippen molar-refractivity contribution in [3.05, 3.63) is 63.9 Å². The Morgan fingerprint density at radius 2 is 2.03 bits per heavy atom. The Balaban J connectivity index is 2.08. The number of rotatable bonds is 5. The van der Waals surface area contributed by atoms with Gasteiger partial charge in [0.15, 0.2) is 5.82 Å².